The molecule has 0 bridgehead atoms. The molecule has 1 heterocycles. The van der Waals surface area contributed by atoms with Crippen LogP contribution in [0.3, 0.4) is 0 Å². The third-order valence-electron chi connectivity index (χ3n) is 3.91. The summed E-state index contributed by atoms with van der Waals surface area (Å²) >= 11 is 1.91. The number of likely N-dealkylation sites (tertiary alicyclic amines) is 1. The maximum atomic E-state index is 14.0. The van der Waals surface area contributed by atoms with Crippen molar-refractivity contribution in [2.45, 2.75) is 26.3 Å². The molecule has 0 radical (unpaired) electrons. The first-order valence-corrected chi connectivity index (χ1v) is 8.25. The Morgan fingerprint density at radius 2 is 1.95 bits per heavy atom. The van der Waals surface area contributed by atoms with Crippen molar-refractivity contribution in [2.75, 3.05) is 26.2 Å². The first-order chi connectivity index (χ1) is 9.61. The Hall–Kier alpha value is 0.0200. The van der Waals surface area contributed by atoms with Crippen molar-refractivity contribution in [3.05, 3.63) is 32.9 Å². The van der Waals surface area contributed by atoms with Crippen LogP contribution in [0.2, 0.25) is 0 Å². The molecule has 1 aromatic carbocycles. The zero-order valence-corrected chi connectivity index (χ0v) is 15.1. The number of nitrogens with zero attached hydrogens (tertiary/aromatic N) is 1. The molecule has 2 rings (SSSR count). The van der Waals surface area contributed by atoms with E-state index in [1.807, 2.05) is 22.6 Å². The van der Waals surface area contributed by atoms with Gasteiger partial charge in [-0.3, -0.25) is 4.90 Å². The van der Waals surface area contributed by atoms with E-state index < -0.39 is 11.6 Å². The molecule has 0 unspecified atom stereocenters. The molecular formula is C15H22ClF2IN2. The molecule has 1 N–H and O–H groups in total. The predicted octanol–water partition coefficient (Wildman–Crippen LogP) is 3.81. The lowest BCUT2D eigenvalue weighted by Crippen LogP contribution is -2.37. The molecule has 1 aliphatic heterocycles. The molecule has 120 valence electrons. The average Bonchev–Trinajstić information content (AvgIpc) is 2.47. The van der Waals surface area contributed by atoms with Crippen LogP contribution in [0, 0.1) is 21.1 Å². The number of hydrogen-bond donors (Lipinski definition) is 1. The quantitative estimate of drug-likeness (QED) is 0.564. The number of nitrogens with one attached hydrogen (secondary N) is 1. The topological polar surface area (TPSA) is 15.3 Å². The summed E-state index contributed by atoms with van der Waals surface area (Å²) in [5.41, 5.74) is 0.210. The highest BCUT2D eigenvalue weighted by Crippen LogP contribution is 2.23. The number of rotatable bonds is 5. The predicted molar refractivity (Wildman–Crippen MR) is 92.9 cm³/mol. The minimum atomic E-state index is -0.433. The number of piperidine rings is 1. The van der Waals surface area contributed by atoms with Crippen molar-refractivity contribution in [1.29, 1.82) is 0 Å². The van der Waals surface area contributed by atoms with E-state index in [0.29, 0.717) is 16.0 Å². The van der Waals surface area contributed by atoms with E-state index in [1.165, 1.54) is 12.1 Å². The molecule has 0 amide bonds. The number of benzene rings is 1. The van der Waals surface area contributed by atoms with Gasteiger partial charge in [0.1, 0.15) is 11.6 Å². The average molecular weight is 431 g/mol. The van der Waals surface area contributed by atoms with E-state index in [1.54, 1.807) is 0 Å². The summed E-state index contributed by atoms with van der Waals surface area (Å²) in [6, 6.07) is 2.84. The fourth-order valence-corrected chi connectivity index (χ4v) is 3.14. The second-order valence-corrected chi connectivity index (χ2v) is 6.51. The van der Waals surface area contributed by atoms with Gasteiger partial charge in [-0.25, -0.2) is 8.78 Å². The van der Waals surface area contributed by atoms with Gasteiger partial charge >= 0.3 is 0 Å². The molecule has 1 saturated heterocycles. The van der Waals surface area contributed by atoms with Gasteiger partial charge in [-0.2, -0.15) is 0 Å². The van der Waals surface area contributed by atoms with Crippen LogP contribution in [0.25, 0.3) is 0 Å². The third-order valence-corrected chi connectivity index (χ3v) is 4.74. The van der Waals surface area contributed by atoms with Crippen molar-refractivity contribution in [2.24, 2.45) is 5.92 Å². The van der Waals surface area contributed by atoms with E-state index in [-0.39, 0.29) is 18.0 Å². The highest BCUT2D eigenvalue weighted by molar-refractivity contribution is 14.1. The van der Waals surface area contributed by atoms with Crippen molar-refractivity contribution >= 4 is 35.0 Å². The molecule has 21 heavy (non-hydrogen) atoms. The fraction of sp³-hybridized carbons (Fsp3) is 0.600. The second-order valence-electron chi connectivity index (χ2n) is 5.35. The van der Waals surface area contributed by atoms with Crippen molar-refractivity contribution in [1.82, 2.24) is 10.2 Å². The van der Waals surface area contributed by atoms with Crippen LogP contribution in [0.4, 0.5) is 8.78 Å². The van der Waals surface area contributed by atoms with Gasteiger partial charge in [-0.15, -0.1) is 12.4 Å². The van der Waals surface area contributed by atoms with Gasteiger partial charge in [0.2, 0.25) is 0 Å². The molecule has 1 aliphatic rings. The molecule has 1 aromatic rings. The zero-order chi connectivity index (χ0) is 14.5. The van der Waals surface area contributed by atoms with Crippen LogP contribution in [-0.4, -0.2) is 31.1 Å². The smallest absolute Gasteiger partial charge is 0.143 e. The van der Waals surface area contributed by atoms with E-state index in [0.717, 1.165) is 39.0 Å². The first-order valence-electron chi connectivity index (χ1n) is 7.17. The summed E-state index contributed by atoms with van der Waals surface area (Å²) in [6.07, 6.45) is 2.19. The van der Waals surface area contributed by atoms with Crippen molar-refractivity contribution in [3.8, 4) is 0 Å². The minimum Gasteiger partial charge on any atom is -0.317 e. The monoisotopic (exact) mass is 430 g/mol. The maximum Gasteiger partial charge on any atom is 0.143 e. The summed E-state index contributed by atoms with van der Waals surface area (Å²) in [6.45, 7) is 6.37. The Labute approximate surface area is 145 Å². The molecular weight excluding hydrogens is 409 g/mol. The molecule has 0 aliphatic carbocycles. The van der Waals surface area contributed by atoms with Crippen molar-refractivity contribution < 1.29 is 8.78 Å². The van der Waals surface area contributed by atoms with Gasteiger partial charge in [0.05, 0.1) is 0 Å². The molecule has 0 atom stereocenters. The zero-order valence-electron chi connectivity index (χ0n) is 12.2. The fourth-order valence-electron chi connectivity index (χ4n) is 2.63. The third kappa shape index (κ3) is 5.30. The largest absolute Gasteiger partial charge is 0.317 e. The lowest BCUT2D eigenvalue weighted by molar-refractivity contribution is 0.172. The van der Waals surface area contributed by atoms with E-state index >= 15 is 0 Å². The molecule has 0 aromatic heterocycles. The van der Waals surface area contributed by atoms with E-state index in [9.17, 15) is 8.78 Å². The Kier molecular flexibility index (Phi) is 8.38. The summed E-state index contributed by atoms with van der Waals surface area (Å²) in [7, 11) is 0. The Morgan fingerprint density at radius 3 is 2.57 bits per heavy atom. The Balaban J connectivity index is 0.00000220. The van der Waals surface area contributed by atoms with Crippen LogP contribution >= 0.6 is 35.0 Å². The normalized spacial score (nSPS) is 16.8. The lowest BCUT2D eigenvalue weighted by atomic mass is 9.96. The standard InChI is InChI=1S/C15H21F2IN2.ClH/c1-2-19-9-11-5-7-20(8-6-11)10-12-13(16)3-4-14(18)15(12)17;/h3-4,11,19H,2,5-10H2,1H3;1H. The number of halogens is 4. The molecule has 2 nitrogen and oxygen atoms in total. The Morgan fingerprint density at radius 1 is 1.29 bits per heavy atom. The van der Waals surface area contributed by atoms with Crippen molar-refractivity contribution in [3.63, 3.8) is 0 Å². The maximum absolute atomic E-state index is 14.0. The molecule has 6 heteroatoms. The van der Waals surface area contributed by atoms with E-state index in [2.05, 4.69) is 17.1 Å². The van der Waals surface area contributed by atoms with Gasteiger partial charge in [0.15, 0.2) is 0 Å². The molecule has 1 fully saturated rings. The lowest BCUT2D eigenvalue weighted by Gasteiger charge is -2.32. The Bertz CT molecular complexity index is 452. The summed E-state index contributed by atoms with van der Waals surface area (Å²) < 4.78 is 28.2. The molecule has 0 saturated carbocycles. The van der Waals surface area contributed by atoms with Gasteiger partial charge in [0.25, 0.3) is 0 Å². The van der Waals surface area contributed by atoms with Gasteiger partial charge < -0.3 is 5.32 Å². The van der Waals surface area contributed by atoms with Gasteiger partial charge in [-0.1, -0.05) is 6.92 Å². The van der Waals surface area contributed by atoms with Gasteiger partial charge in [0, 0.05) is 15.7 Å². The summed E-state index contributed by atoms with van der Waals surface area (Å²) in [5, 5.41) is 3.37. The van der Waals surface area contributed by atoms with E-state index in [4.69, 9.17) is 0 Å². The van der Waals surface area contributed by atoms with Crippen LogP contribution < -0.4 is 5.32 Å². The highest BCUT2D eigenvalue weighted by Gasteiger charge is 2.21. The van der Waals surface area contributed by atoms with Crippen LogP contribution in [0.15, 0.2) is 12.1 Å². The second kappa shape index (κ2) is 9.22. The minimum absolute atomic E-state index is 0. The summed E-state index contributed by atoms with van der Waals surface area (Å²) in [4.78, 5) is 2.15. The van der Waals surface area contributed by atoms with Gasteiger partial charge in [-0.05, 0) is 79.7 Å². The highest BCUT2D eigenvalue weighted by atomic mass is 127. The SMILES string of the molecule is CCNCC1CCN(Cc2c(F)ccc(I)c2F)CC1.Cl. The molecule has 0 spiro atoms. The number of hydrogen-bond acceptors (Lipinski definition) is 2. The summed E-state index contributed by atoms with van der Waals surface area (Å²) in [5.74, 6) is -0.144. The van der Waals surface area contributed by atoms with Crippen LogP contribution in [0.1, 0.15) is 25.3 Å². The van der Waals surface area contributed by atoms with Crippen LogP contribution in [-0.2, 0) is 6.54 Å². The van der Waals surface area contributed by atoms with Crippen LogP contribution in [0.5, 0.6) is 0 Å². The first kappa shape index (κ1) is 19.1.